The topological polar surface area (TPSA) is 103 Å². The van der Waals surface area contributed by atoms with Crippen LogP contribution in [0, 0.1) is 0 Å². The summed E-state index contributed by atoms with van der Waals surface area (Å²) in [5, 5.41) is 8.02. The number of hydrogen-bond acceptors (Lipinski definition) is 6. The molecule has 3 rings (SSSR count). The molecular weight excluding hydrogens is 422 g/mol. The maximum absolute atomic E-state index is 12.5. The zero-order valence-corrected chi connectivity index (χ0v) is 19.3. The van der Waals surface area contributed by atoms with Crippen LogP contribution in [0.5, 0.6) is 5.75 Å². The number of amides is 3. The van der Waals surface area contributed by atoms with Crippen molar-refractivity contribution in [2.45, 2.75) is 13.0 Å². The Kier molecular flexibility index (Phi) is 8.39. The molecule has 1 heterocycles. The minimum absolute atomic E-state index is 0.0571. The summed E-state index contributed by atoms with van der Waals surface area (Å²) in [6.07, 6.45) is 0. The minimum Gasteiger partial charge on any atom is -0.497 e. The number of carbonyl (C=O) groups excluding carboxylic acids is 3. The monoisotopic (exact) mass is 453 g/mol. The standard InChI is InChI=1S/C24H31N5O4/c1-17(30)26-19-6-8-20(9-7-19)27-24(32)23(31)25-16-22(29-14-12-28(2)13-15-29)18-4-10-21(33-3)11-5-18/h4-11,22H,12-16H2,1-3H3,(H,25,31)(H,26,30)(H,27,32)/t22-/m1/s1. The molecule has 33 heavy (non-hydrogen) atoms. The van der Waals surface area contributed by atoms with Crippen molar-refractivity contribution in [1.82, 2.24) is 15.1 Å². The number of benzene rings is 2. The molecule has 2 aromatic rings. The highest BCUT2D eigenvalue weighted by Crippen LogP contribution is 2.24. The molecule has 0 spiro atoms. The van der Waals surface area contributed by atoms with Gasteiger partial charge in [-0.25, -0.2) is 0 Å². The summed E-state index contributed by atoms with van der Waals surface area (Å²) in [5.74, 6) is -0.857. The second kappa shape index (κ2) is 11.4. The SMILES string of the molecule is COc1ccc([C@@H](CNC(=O)C(=O)Nc2ccc(NC(C)=O)cc2)N2CCN(C)CC2)cc1. The molecule has 3 N–H and O–H groups in total. The predicted molar refractivity (Wildman–Crippen MR) is 127 cm³/mol. The van der Waals surface area contributed by atoms with Gasteiger partial charge in [0.15, 0.2) is 0 Å². The lowest BCUT2D eigenvalue weighted by molar-refractivity contribution is -0.136. The predicted octanol–water partition coefficient (Wildman–Crippen LogP) is 1.70. The van der Waals surface area contributed by atoms with E-state index in [1.807, 2.05) is 24.3 Å². The fourth-order valence-electron chi connectivity index (χ4n) is 3.72. The van der Waals surface area contributed by atoms with Gasteiger partial charge in [0.05, 0.1) is 13.2 Å². The molecule has 3 amide bonds. The van der Waals surface area contributed by atoms with E-state index in [1.54, 1.807) is 31.4 Å². The van der Waals surface area contributed by atoms with Gasteiger partial charge in [0, 0.05) is 51.0 Å². The maximum atomic E-state index is 12.5. The molecule has 1 aliphatic heterocycles. The van der Waals surface area contributed by atoms with Gasteiger partial charge in [0.1, 0.15) is 5.75 Å². The second-order valence-electron chi connectivity index (χ2n) is 8.05. The zero-order chi connectivity index (χ0) is 23.8. The number of likely N-dealkylation sites (N-methyl/N-ethyl adjacent to an activating group) is 1. The minimum atomic E-state index is -0.742. The molecule has 0 bridgehead atoms. The lowest BCUT2D eigenvalue weighted by Gasteiger charge is -2.38. The van der Waals surface area contributed by atoms with Gasteiger partial charge in [-0.3, -0.25) is 19.3 Å². The van der Waals surface area contributed by atoms with E-state index in [4.69, 9.17) is 4.74 Å². The number of methoxy groups -OCH3 is 1. The van der Waals surface area contributed by atoms with Crippen LogP contribution in [0.2, 0.25) is 0 Å². The van der Waals surface area contributed by atoms with Crippen LogP contribution in [0.15, 0.2) is 48.5 Å². The molecule has 0 radical (unpaired) electrons. The summed E-state index contributed by atoms with van der Waals surface area (Å²) >= 11 is 0. The van der Waals surface area contributed by atoms with E-state index in [9.17, 15) is 14.4 Å². The highest BCUT2D eigenvalue weighted by Gasteiger charge is 2.25. The fraction of sp³-hybridized carbons (Fsp3) is 0.375. The molecule has 9 nitrogen and oxygen atoms in total. The average Bonchev–Trinajstić information content (AvgIpc) is 2.81. The number of ether oxygens (including phenoxy) is 1. The average molecular weight is 454 g/mol. The van der Waals surface area contributed by atoms with E-state index in [2.05, 4.69) is 32.8 Å². The van der Waals surface area contributed by atoms with Gasteiger partial charge in [-0.2, -0.15) is 0 Å². The van der Waals surface area contributed by atoms with Crippen molar-refractivity contribution >= 4 is 29.1 Å². The Morgan fingerprint density at radius 2 is 1.45 bits per heavy atom. The first-order valence-electron chi connectivity index (χ1n) is 10.9. The van der Waals surface area contributed by atoms with Crippen LogP contribution in [0.1, 0.15) is 18.5 Å². The van der Waals surface area contributed by atoms with Crippen LogP contribution in [-0.2, 0) is 14.4 Å². The van der Waals surface area contributed by atoms with E-state index in [0.717, 1.165) is 37.5 Å². The number of nitrogens with zero attached hydrogens (tertiary/aromatic N) is 2. The smallest absolute Gasteiger partial charge is 0.313 e. The maximum Gasteiger partial charge on any atom is 0.313 e. The number of piperazine rings is 1. The molecule has 1 aliphatic rings. The summed E-state index contributed by atoms with van der Waals surface area (Å²) in [6.45, 7) is 5.35. The van der Waals surface area contributed by atoms with Gasteiger partial charge in [0.2, 0.25) is 5.91 Å². The Hall–Kier alpha value is -3.43. The van der Waals surface area contributed by atoms with Gasteiger partial charge in [-0.15, -0.1) is 0 Å². The van der Waals surface area contributed by atoms with Gasteiger partial charge in [0.25, 0.3) is 0 Å². The van der Waals surface area contributed by atoms with Crippen molar-refractivity contribution < 1.29 is 19.1 Å². The fourth-order valence-corrected chi connectivity index (χ4v) is 3.72. The van der Waals surface area contributed by atoms with Gasteiger partial charge < -0.3 is 25.6 Å². The van der Waals surface area contributed by atoms with E-state index >= 15 is 0 Å². The van der Waals surface area contributed by atoms with Crippen LogP contribution in [-0.4, -0.2) is 74.4 Å². The second-order valence-corrected chi connectivity index (χ2v) is 8.05. The summed E-state index contributed by atoms with van der Waals surface area (Å²) in [7, 11) is 3.72. The lowest BCUT2D eigenvalue weighted by atomic mass is 10.0. The van der Waals surface area contributed by atoms with Crippen molar-refractivity contribution in [2.75, 3.05) is 57.5 Å². The third kappa shape index (κ3) is 7.03. The Bertz CT molecular complexity index is 954. The quantitative estimate of drug-likeness (QED) is 0.552. The first kappa shape index (κ1) is 24.2. The Morgan fingerprint density at radius 1 is 0.879 bits per heavy atom. The molecule has 176 valence electrons. The molecule has 9 heteroatoms. The van der Waals surface area contributed by atoms with Crippen molar-refractivity contribution in [1.29, 1.82) is 0 Å². The molecule has 2 aromatic carbocycles. The summed E-state index contributed by atoms with van der Waals surface area (Å²) < 4.78 is 5.26. The molecule has 0 aromatic heterocycles. The van der Waals surface area contributed by atoms with Crippen molar-refractivity contribution in [3.05, 3.63) is 54.1 Å². The lowest BCUT2D eigenvalue weighted by Crippen LogP contribution is -2.49. The Morgan fingerprint density at radius 3 is 2.00 bits per heavy atom. The number of rotatable bonds is 7. The number of hydrogen-bond donors (Lipinski definition) is 3. The van der Waals surface area contributed by atoms with Gasteiger partial charge in [-0.05, 0) is 49.0 Å². The highest BCUT2D eigenvalue weighted by atomic mass is 16.5. The Balaban J connectivity index is 1.61. The summed E-state index contributed by atoms with van der Waals surface area (Å²) in [6, 6.07) is 14.3. The number of anilines is 2. The zero-order valence-electron chi connectivity index (χ0n) is 19.3. The molecule has 0 aliphatic carbocycles. The number of carbonyl (C=O) groups is 3. The molecule has 0 unspecified atom stereocenters. The van der Waals surface area contributed by atoms with Gasteiger partial charge in [-0.1, -0.05) is 12.1 Å². The summed E-state index contributed by atoms with van der Waals surface area (Å²) in [4.78, 5) is 40.6. The van der Waals surface area contributed by atoms with Crippen molar-refractivity contribution in [3.8, 4) is 5.75 Å². The first-order chi connectivity index (χ1) is 15.9. The molecule has 0 saturated carbocycles. The van der Waals surface area contributed by atoms with Crippen molar-refractivity contribution in [3.63, 3.8) is 0 Å². The molecular formula is C24H31N5O4. The van der Waals surface area contributed by atoms with Crippen molar-refractivity contribution in [2.24, 2.45) is 0 Å². The van der Waals surface area contributed by atoms with E-state index in [-0.39, 0.29) is 11.9 Å². The van der Waals surface area contributed by atoms with Gasteiger partial charge >= 0.3 is 11.8 Å². The largest absolute Gasteiger partial charge is 0.497 e. The number of nitrogens with one attached hydrogen (secondary N) is 3. The third-order valence-corrected chi connectivity index (χ3v) is 5.60. The van der Waals surface area contributed by atoms with Crippen LogP contribution >= 0.6 is 0 Å². The highest BCUT2D eigenvalue weighted by molar-refractivity contribution is 6.39. The third-order valence-electron chi connectivity index (χ3n) is 5.60. The Labute approximate surface area is 194 Å². The first-order valence-corrected chi connectivity index (χ1v) is 10.9. The van der Waals surface area contributed by atoms with Crippen LogP contribution in [0.25, 0.3) is 0 Å². The normalized spacial score (nSPS) is 15.4. The molecule has 1 atom stereocenters. The van der Waals surface area contributed by atoms with Crippen LogP contribution in [0.4, 0.5) is 11.4 Å². The van der Waals surface area contributed by atoms with E-state index in [0.29, 0.717) is 17.9 Å². The van der Waals surface area contributed by atoms with Crippen LogP contribution < -0.4 is 20.7 Å². The molecule has 1 saturated heterocycles. The molecule has 1 fully saturated rings. The van der Waals surface area contributed by atoms with E-state index < -0.39 is 11.8 Å². The van der Waals surface area contributed by atoms with E-state index in [1.165, 1.54) is 6.92 Å². The van der Waals surface area contributed by atoms with Crippen LogP contribution in [0.3, 0.4) is 0 Å². The summed E-state index contributed by atoms with van der Waals surface area (Å²) in [5.41, 5.74) is 2.13.